The van der Waals surface area contributed by atoms with Crippen molar-refractivity contribution in [2.24, 2.45) is 5.73 Å². The van der Waals surface area contributed by atoms with Gasteiger partial charge >= 0.3 is 0 Å². The van der Waals surface area contributed by atoms with Gasteiger partial charge in [0.15, 0.2) is 0 Å². The molecular formula is C17H20BrN. The van der Waals surface area contributed by atoms with Crippen molar-refractivity contribution < 1.29 is 0 Å². The zero-order valence-corrected chi connectivity index (χ0v) is 13.1. The summed E-state index contributed by atoms with van der Waals surface area (Å²) in [5, 5.41) is 0. The first kappa shape index (κ1) is 14.3. The van der Waals surface area contributed by atoms with Crippen LogP contribution in [0.5, 0.6) is 0 Å². The van der Waals surface area contributed by atoms with Gasteiger partial charge in [-0.25, -0.2) is 0 Å². The standard InChI is InChI=1S/C17H20BrN/c1-12-7-8-13(2)15(9-12)11-16(19)10-14-5-3-4-6-17(14)18/h3-9,16H,10-11,19H2,1-2H3. The second kappa shape index (κ2) is 6.36. The van der Waals surface area contributed by atoms with E-state index in [2.05, 4.69) is 66.2 Å². The normalized spacial score (nSPS) is 12.4. The monoisotopic (exact) mass is 317 g/mol. The molecule has 0 amide bonds. The molecule has 2 N–H and O–H groups in total. The summed E-state index contributed by atoms with van der Waals surface area (Å²) in [6.07, 6.45) is 1.82. The van der Waals surface area contributed by atoms with Gasteiger partial charge in [0.05, 0.1) is 0 Å². The van der Waals surface area contributed by atoms with Crippen molar-refractivity contribution in [2.45, 2.75) is 32.7 Å². The van der Waals surface area contributed by atoms with Gasteiger partial charge in [0.25, 0.3) is 0 Å². The molecule has 0 aliphatic rings. The zero-order chi connectivity index (χ0) is 13.8. The largest absolute Gasteiger partial charge is 0.327 e. The number of aryl methyl sites for hydroxylation is 2. The molecule has 0 aliphatic heterocycles. The molecule has 2 aromatic carbocycles. The molecule has 0 aromatic heterocycles. The third-order valence-electron chi connectivity index (χ3n) is 3.43. The Hall–Kier alpha value is -1.12. The Morgan fingerprint density at radius 1 is 1.00 bits per heavy atom. The number of hydrogen-bond donors (Lipinski definition) is 1. The van der Waals surface area contributed by atoms with Crippen molar-refractivity contribution >= 4 is 15.9 Å². The third-order valence-corrected chi connectivity index (χ3v) is 4.20. The van der Waals surface area contributed by atoms with E-state index in [0.29, 0.717) is 0 Å². The molecule has 0 saturated heterocycles. The molecule has 0 heterocycles. The van der Waals surface area contributed by atoms with E-state index in [1.165, 1.54) is 22.3 Å². The molecule has 0 fully saturated rings. The molecule has 0 spiro atoms. The van der Waals surface area contributed by atoms with Crippen LogP contribution in [0.4, 0.5) is 0 Å². The molecule has 0 bridgehead atoms. The van der Waals surface area contributed by atoms with Gasteiger partial charge in [0.2, 0.25) is 0 Å². The summed E-state index contributed by atoms with van der Waals surface area (Å²) in [4.78, 5) is 0. The van der Waals surface area contributed by atoms with E-state index in [4.69, 9.17) is 5.73 Å². The predicted octanol–water partition coefficient (Wildman–Crippen LogP) is 4.18. The summed E-state index contributed by atoms with van der Waals surface area (Å²) in [7, 11) is 0. The quantitative estimate of drug-likeness (QED) is 0.899. The van der Waals surface area contributed by atoms with Crippen molar-refractivity contribution in [3.63, 3.8) is 0 Å². The minimum absolute atomic E-state index is 0.152. The Bertz CT molecular complexity index is 563. The summed E-state index contributed by atoms with van der Waals surface area (Å²) in [6.45, 7) is 4.28. The lowest BCUT2D eigenvalue weighted by atomic mass is 9.96. The van der Waals surface area contributed by atoms with Gasteiger partial charge in [-0.15, -0.1) is 0 Å². The average Bonchev–Trinajstić information content (AvgIpc) is 2.37. The van der Waals surface area contributed by atoms with Crippen molar-refractivity contribution in [1.82, 2.24) is 0 Å². The number of benzene rings is 2. The van der Waals surface area contributed by atoms with Crippen LogP contribution in [0.25, 0.3) is 0 Å². The topological polar surface area (TPSA) is 26.0 Å². The smallest absolute Gasteiger partial charge is 0.0207 e. The molecule has 2 heteroatoms. The highest BCUT2D eigenvalue weighted by molar-refractivity contribution is 9.10. The summed E-state index contributed by atoms with van der Waals surface area (Å²) in [5.41, 5.74) is 11.6. The SMILES string of the molecule is Cc1ccc(C)c(CC(N)Cc2ccccc2Br)c1. The van der Waals surface area contributed by atoms with Gasteiger partial charge in [0.1, 0.15) is 0 Å². The lowest BCUT2D eigenvalue weighted by molar-refractivity contribution is 0.661. The van der Waals surface area contributed by atoms with Crippen LogP contribution in [0.15, 0.2) is 46.9 Å². The highest BCUT2D eigenvalue weighted by atomic mass is 79.9. The van der Waals surface area contributed by atoms with E-state index < -0.39 is 0 Å². The van der Waals surface area contributed by atoms with Crippen LogP contribution < -0.4 is 5.73 Å². The van der Waals surface area contributed by atoms with E-state index in [1.54, 1.807) is 0 Å². The Morgan fingerprint density at radius 3 is 2.42 bits per heavy atom. The Balaban J connectivity index is 2.07. The van der Waals surface area contributed by atoms with E-state index in [0.717, 1.165) is 17.3 Å². The number of halogens is 1. The van der Waals surface area contributed by atoms with Crippen LogP contribution in [-0.2, 0) is 12.8 Å². The molecule has 100 valence electrons. The maximum Gasteiger partial charge on any atom is 0.0207 e. The maximum atomic E-state index is 6.30. The molecule has 0 saturated carbocycles. The molecular weight excluding hydrogens is 298 g/mol. The maximum absolute atomic E-state index is 6.30. The second-order valence-corrected chi connectivity index (χ2v) is 6.04. The summed E-state index contributed by atoms with van der Waals surface area (Å²) < 4.78 is 1.14. The van der Waals surface area contributed by atoms with Crippen molar-refractivity contribution in [3.8, 4) is 0 Å². The van der Waals surface area contributed by atoms with Crippen LogP contribution in [0, 0.1) is 13.8 Å². The first-order chi connectivity index (χ1) is 9.06. The molecule has 1 nitrogen and oxygen atoms in total. The first-order valence-electron chi connectivity index (χ1n) is 6.61. The highest BCUT2D eigenvalue weighted by Crippen LogP contribution is 2.19. The van der Waals surface area contributed by atoms with Crippen LogP contribution >= 0.6 is 15.9 Å². The number of nitrogens with two attached hydrogens (primary N) is 1. The molecule has 0 aliphatic carbocycles. The van der Waals surface area contributed by atoms with Crippen LogP contribution in [0.3, 0.4) is 0 Å². The summed E-state index contributed by atoms with van der Waals surface area (Å²) >= 11 is 3.58. The molecule has 1 atom stereocenters. The second-order valence-electron chi connectivity index (χ2n) is 5.19. The summed E-state index contributed by atoms with van der Waals surface area (Å²) in [5.74, 6) is 0. The Morgan fingerprint density at radius 2 is 1.68 bits per heavy atom. The van der Waals surface area contributed by atoms with Gasteiger partial charge in [-0.05, 0) is 49.4 Å². The number of rotatable bonds is 4. The molecule has 19 heavy (non-hydrogen) atoms. The predicted molar refractivity (Wildman–Crippen MR) is 85.4 cm³/mol. The fourth-order valence-electron chi connectivity index (χ4n) is 2.32. The highest BCUT2D eigenvalue weighted by Gasteiger charge is 2.09. The van der Waals surface area contributed by atoms with E-state index >= 15 is 0 Å². The lowest BCUT2D eigenvalue weighted by Gasteiger charge is -2.15. The summed E-state index contributed by atoms with van der Waals surface area (Å²) in [6, 6.07) is 15.0. The van der Waals surface area contributed by atoms with Crippen molar-refractivity contribution in [2.75, 3.05) is 0 Å². The molecule has 2 aromatic rings. The Kier molecular flexibility index (Phi) is 4.78. The van der Waals surface area contributed by atoms with Gasteiger partial charge in [-0.1, -0.05) is 57.9 Å². The minimum atomic E-state index is 0.152. The molecule has 0 radical (unpaired) electrons. The first-order valence-corrected chi connectivity index (χ1v) is 7.40. The van der Waals surface area contributed by atoms with Gasteiger partial charge in [0, 0.05) is 10.5 Å². The average molecular weight is 318 g/mol. The van der Waals surface area contributed by atoms with E-state index in [1.807, 2.05) is 6.07 Å². The lowest BCUT2D eigenvalue weighted by Crippen LogP contribution is -2.26. The van der Waals surface area contributed by atoms with E-state index in [-0.39, 0.29) is 6.04 Å². The Labute approximate surface area is 124 Å². The fourth-order valence-corrected chi connectivity index (χ4v) is 2.77. The zero-order valence-electron chi connectivity index (χ0n) is 11.5. The van der Waals surface area contributed by atoms with Crippen LogP contribution in [-0.4, -0.2) is 6.04 Å². The van der Waals surface area contributed by atoms with Crippen molar-refractivity contribution in [1.29, 1.82) is 0 Å². The fraction of sp³-hybridized carbons (Fsp3) is 0.294. The van der Waals surface area contributed by atoms with Crippen LogP contribution in [0.2, 0.25) is 0 Å². The third kappa shape index (κ3) is 3.92. The van der Waals surface area contributed by atoms with Crippen LogP contribution in [0.1, 0.15) is 22.3 Å². The molecule has 2 rings (SSSR count). The van der Waals surface area contributed by atoms with E-state index in [9.17, 15) is 0 Å². The number of hydrogen-bond acceptors (Lipinski definition) is 1. The van der Waals surface area contributed by atoms with Gasteiger partial charge in [-0.3, -0.25) is 0 Å². The van der Waals surface area contributed by atoms with Crippen molar-refractivity contribution in [3.05, 3.63) is 69.2 Å². The molecule has 1 unspecified atom stereocenters. The minimum Gasteiger partial charge on any atom is -0.327 e. The van der Waals surface area contributed by atoms with Gasteiger partial charge < -0.3 is 5.73 Å². The van der Waals surface area contributed by atoms with Gasteiger partial charge in [-0.2, -0.15) is 0 Å².